The van der Waals surface area contributed by atoms with E-state index >= 15 is 0 Å². The zero-order valence-electron chi connectivity index (χ0n) is 6.29. The first-order valence-electron chi connectivity index (χ1n) is 3.47. The van der Waals surface area contributed by atoms with E-state index in [1.807, 2.05) is 0 Å². The summed E-state index contributed by atoms with van der Waals surface area (Å²) in [6, 6.07) is 8.54. The SMILES string of the molecule is CC(C)c1ccc([Se])cc1. The molecule has 0 aromatic heterocycles. The van der Waals surface area contributed by atoms with Gasteiger partial charge >= 0.3 is 70.1 Å². The van der Waals surface area contributed by atoms with E-state index in [1.54, 1.807) is 0 Å². The Morgan fingerprint density at radius 2 is 1.60 bits per heavy atom. The maximum atomic E-state index is 2.97. The first-order valence-corrected chi connectivity index (χ1v) is 4.33. The summed E-state index contributed by atoms with van der Waals surface area (Å²) in [5.41, 5.74) is 1.40. The van der Waals surface area contributed by atoms with E-state index in [2.05, 4.69) is 54.1 Å². The Bertz CT molecular complexity index is 198. The average Bonchev–Trinajstić information content (AvgIpc) is 1.88. The fourth-order valence-corrected chi connectivity index (χ4v) is 1.14. The van der Waals surface area contributed by atoms with Crippen molar-refractivity contribution in [3.63, 3.8) is 0 Å². The van der Waals surface area contributed by atoms with Crippen molar-refractivity contribution in [2.45, 2.75) is 19.8 Å². The molecule has 0 aliphatic heterocycles. The molecule has 1 radical (unpaired) electrons. The number of hydrogen-bond donors (Lipinski definition) is 0. The fraction of sp³-hybridized carbons (Fsp3) is 0.333. The number of hydrogen-bond acceptors (Lipinski definition) is 0. The number of rotatable bonds is 1. The summed E-state index contributed by atoms with van der Waals surface area (Å²) >= 11 is 2.97. The molecule has 0 fully saturated rings. The summed E-state index contributed by atoms with van der Waals surface area (Å²) in [7, 11) is 0. The maximum absolute atomic E-state index is 2.97. The standard InChI is InChI=1S/C9H11Se/c1-7(2)8-3-5-9(10)6-4-8/h3-7H,1-2H3. The molecule has 1 heteroatoms. The minimum absolute atomic E-state index is 0.639. The van der Waals surface area contributed by atoms with E-state index in [4.69, 9.17) is 0 Å². The van der Waals surface area contributed by atoms with Crippen molar-refractivity contribution >= 4 is 20.5 Å². The quantitative estimate of drug-likeness (QED) is 0.601. The van der Waals surface area contributed by atoms with Gasteiger partial charge in [-0.1, -0.05) is 0 Å². The molecule has 1 aromatic carbocycles. The molecule has 53 valence electrons. The van der Waals surface area contributed by atoms with Crippen LogP contribution in [0.5, 0.6) is 0 Å². The predicted molar refractivity (Wildman–Crippen MR) is 45.9 cm³/mol. The normalized spacial score (nSPS) is 10.3. The van der Waals surface area contributed by atoms with Crippen molar-refractivity contribution in [1.82, 2.24) is 0 Å². The minimum atomic E-state index is 0.639. The summed E-state index contributed by atoms with van der Waals surface area (Å²) in [6.45, 7) is 4.41. The molecule has 0 heterocycles. The molecule has 1 rings (SSSR count). The van der Waals surface area contributed by atoms with E-state index in [-0.39, 0.29) is 0 Å². The Kier molecular flexibility index (Phi) is 2.53. The topological polar surface area (TPSA) is 0 Å². The Labute approximate surface area is 70.5 Å². The molecule has 0 unspecified atom stereocenters. The molecular formula is C9H11Se. The Morgan fingerprint density at radius 3 is 2.00 bits per heavy atom. The van der Waals surface area contributed by atoms with Crippen LogP contribution in [0.2, 0.25) is 0 Å². The molecule has 0 saturated heterocycles. The van der Waals surface area contributed by atoms with Crippen LogP contribution in [-0.2, 0) is 0 Å². The zero-order valence-corrected chi connectivity index (χ0v) is 8.01. The van der Waals surface area contributed by atoms with Crippen molar-refractivity contribution in [2.75, 3.05) is 0 Å². The third kappa shape index (κ3) is 1.86. The molecule has 0 amide bonds. The van der Waals surface area contributed by atoms with E-state index in [9.17, 15) is 0 Å². The Balaban J connectivity index is 2.89. The van der Waals surface area contributed by atoms with Crippen molar-refractivity contribution in [3.8, 4) is 0 Å². The van der Waals surface area contributed by atoms with Crippen molar-refractivity contribution in [1.29, 1.82) is 0 Å². The summed E-state index contributed by atoms with van der Waals surface area (Å²) in [5.74, 6) is 0.639. The van der Waals surface area contributed by atoms with Crippen LogP contribution in [0.1, 0.15) is 25.3 Å². The van der Waals surface area contributed by atoms with E-state index in [1.165, 1.54) is 10.0 Å². The van der Waals surface area contributed by atoms with Gasteiger partial charge in [0.2, 0.25) is 0 Å². The molecule has 0 N–H and O–H groups in total. The second kappa shape index (κ2) is 3.23. The van der Waals surface area contributed by atoms with Gasteiger partial charge in [-0.15, -0.1) is 0 Å². The van der Waals surface area contributed by atoms with Crippen LogP contribution >= 0.6 is 0 Å². The van der Waals surface area contributed by atoms with Crippen LogP contribution in [0.3, 0.4) is 0 Å². The van der Waals surface area contributed by atoms with Crippen LogP contribution in [0.15, 0.2) is 24.3 Å². The van der Waals surface area contributed by atoms with Gasteiger partial charge in [-0.3, -0.25) is 0 Å². The Hall–Kier alpha value is -0.261. The zero-order chi connectivity index (χ0) is 7.56. The molecule has 0 aliphatic rings. The van der Waals surface area contributed by atoms with Gasteiger partial charge in [0.05, 0.1) is 0 Å². The summed E-state index contributed by atoms with van der Waals surface area (Å²) < 4.78 is 1.21. The van der Waals surface area contributed by atoms with Gasteiger partial charge in [0.1, 0.15) is 0 Å². The Morgan fingerprint density at radius 1 is 1.10 bits per heavy atom. The first-order chi connectivity index (χ1) is 4.70. The van der Waals surface area contributed by atoms with E-state index < -0.39 is 0 Å². The molecule has 10 heavy (non-hydrogen) atoms. The number of benzene rings is 1. The van der Waals surface area contributed by atoms with Crippen LogP contribution < -0.4 is 4.46 Å². The predicted octanol–water partition coefficient (Wildman–Crippen LogP) is 1.60. The summed E-state index contributed by atoms with van der Waals surface area (Å²) in [5, 5.41) is 0. The van der Waals surface area contributed by atoms with E-state index in [0.717, 1.165) is 0 Å². The van der Waals surface area contributed by atoms with Crippen LogP contribution in [-0.4, -0.2) is 16.0 Å². The molecule has 0 spiro atoms. The third-order valence-electron chi connectivity index (χ3n) is 1.55. The molecule has 0 saturated carbocycles. The van der Waals surface area contributed by atoms with Crippen LogP contribution in [0.4, 0.5) is 0 Å². The van der Waals surface area contributed by atoms with Gasteiger partial charge in [0.15, 0.2) is 0 Å². The molecule has 1 aromatic rings. The van der Waals surface area contributed by atoms with Gasteiger partial charge in [-0.05, 0) is 0 Å². The summed E-state index contributed by atoms with van der Waals surface area (Å²) in [4.78, 5) is 0. The van der Waals surface area contributed by atoms with Crippen molar-refractivity contribution in [2.24, 2.45) is 0 Å². The summed E-state index contributed by atoms with van der Waals surface area (Å²) in [6.07, 6.45) is 0. The van der Waals surface area contributed by atoms with Gasteiger partial charge in [0, 0.05) is 0 Å². The third-order valence-corrected chi connectivity index (χ3v) is 2.12. The van der Waals surface area contributed by atoms with Gasteiger partial charge in [0.25, 0.3) is 0 Å². The molecule has 0 nitrogen and oxygen atoms in total. The second-order valence-corrected chi connectivity index (χ2v) is 3.71. The average molecular weight is 198 g/mol. The van der Waals surface area contributed by atoms with Crippen LogP contribution in [0, 0.1) is 0 Å². The van der Waals surface area contributed by atoms with Crippen molar-refractivity contribution < 1.29 is 0 Å². The van der Waals surface area contributed by atoms with Crippen molar-refractivity contribution in [3.05, 3.63) is 29.8 Å². The second-order valence-electron chi connectivity index (χ2n) is 2.72. The fourth-order valence-electron chi connectivity index (χ4n) is 0.853. The van der Waals surface area contributed by atoms with Gasteiger partial charge in [-0.2, -0.15) is 0 Å². The van der Waals surface area contributed by atoms with Gasteiger partial charge in [-0.25, -0.2) is 0 Å². The molecule has 0 aliphatic carbocycles. The molecule has 0 atom stereocenters. The molecule has 0 bridgehead atoms. The monoisotopic (exact) mass is 199 g/mol. The first kappa shape index (κ1) is 7.84. The van der Waals surface area contributed by atoms with Gasteiger partial charge < -0.3 is 0 Å². The van der Waals surface area contributed by atoms with Crippen LogP contribution in [0.25, 0.3) is 0 Å². The molecular weight excluding hydrogens is 187 g/mol. The van der Waals surface area contributed by atoms with E-state index in [0.29, 0.717) is 5.92 Å².